The van der Waals surface area contributed by atoms with Crippen molar-refractivity contribution in [2.24, 2.45) is 0 Å². The lowest BCUT2D eigenvalue weighted by atomic mass is 10.2. The van der Waals surface area contributed by atoms with E-state index in [1.165, 1.54) is 14.7 Å². The summed E-state index contributed by atoms with van der Waals surface area (Å²) in [5.41, 5.74) is 2.61. The van der Waals surface area contributed by atoms with E-state index in [9.17, 15) is 16.8 Å². The Labute approximate surface area is 196 Å². The highest BCUT2D eigenvalue weighted by Gasteiger charge is 2.33. The Bertz CT molecular complexity index is 1210. The lowest BCUT2D eigenvalue weighted by Gasteiger charge is -2.36. The highest BCUT2D eigenvalue weighted by molar-refractivity contribution is 7.92. The maximum absolute atomic E-state index is 13.6. The van der Waals surface area contributed by atoms with E-state index in [-0.39, 0.29) is 16.4 Å². The minimum absolute atomic E-state index is 0.0200. The van der Waals surface area contributed by atoms with Gasteiger partial charge in [-0.25, -0.2) is 16.8 Å². The van der Waals surface area contributed by atoms with Crippen molar-refractivity contribution in [3.8, 4) is 5.75 Å². The Hall–Kier alpha value is -2.30. The van der Waals surface area contributed by atoms with Crippen molar-refractivity contribution in [1.29, 1.82) is 0 Å². The monoisotopic (exact) mass is 493 g/mol. The van der Waals surface area contributed by atoms with E-state index in [1.54, 1.807) is 19.1 Å². The van der Waals surface area contributed by atoms with Gasteiger partial charge in [0, 0.05) is 38.4 Å². The molecule has 2 aliphatic heterocycles. The third-order valence-corrected chi connectivity index (χ3v) is 9.88. The van der Waals surface area contributed by atoms with Crippen LogP contribution in [0, 0.1) is 6.92 Å². The number of hydrogen-bond acceptors (Lipinski definition) is 6. The molecule has 0 bridgehead atoms. The second-order valence-corrected chi connectivity index (χ2v) is 12.3. The first kappa shape index (κ1) is 23.8. The summed E-state index contributed by atoms with van der Waals surface area (Å²) < 4.78 is 60.8. The van der Waals surface area contributed by atoms with Gasteiger partial charge in [-0.05, 0) is 62.6 Å². The van der Waals surface area contributed by atoms with Crippen molar-refractivity contribution in [2.75, 3.05) is 54.3 Å². The fraction of sp³-hybridized carbons (Fsp3) is 0.478. The summed E-state index contributed by atoms with van der Waals surface area (Å²) in [6, 6.07) is 12.8. The Balaban J connectivity index is 1.61. The van der Waals surface area contributed by atoms with Crippen LogP contribution in [0.5, 0.6) is 5.75 Å². The standard InChI is InChI=1S/C23H31N3O5S2/c1-3-31-22-10-9-21(26-11-4-5-16-32(26,27)28)18-23(22)33(29,30)25-14-12-24(13-15-25)20-8-6-7-19(2)17-20/h6-10,17-18H,3-5,11-16H2,1-2H3. The molecule has 0 aliphatic carbocycles. The van der Waals surface area contributed by atoms with Crippen LogP contribution in [0.2, 0.25) is 0 Å². The van der Waals surface area contributed by atoms with Crippen molar-refractivity contribution in [1.82, 2.24) is 4.31 Å². The first-order valence-electron chi connectivity index (χ1n) is 11.3. The normalized spacial score (nSPS) is 19.5. The van der Waals surface area contributed by atoms with Crippen LogP contribution in [-0.4, -0.2) is 66.2 Å². The van der Waals surface area contributed by atoms with Gasteiger partial charge in [0.15, 0.2) is 0 Å². The predicted molar refractivity (Wildman–Crippen MR) is 130 cm³/mol. The van der Waals surface area contributed by atoms with E-state index in [0.29, 0.717) is 51.4 Å². The van der Waals surface area contributed by atoms with E-state index in [4.69, 9.17) is 4.74 Å². The van der Waals surface area contributed by atoms with Crippen LogP contribution < -0.4 is 13.9 Å². The van der Waals surface area contributed by atoms with Crippen LogP contribution in [0.15, 0.2) is 47.4 Å². The summed E-state index contributed by atoms with van der Waals surface area (Å²) >= 11 is 0. The third kappa shape index (κ3) is 4.97. The highest BCUT2D eigenvalue weighted by atomic mass is 32.2. The number of piperazine rings is 1. The molecular weight excluding hydrogens is 462 g/mol. The number of aryl methyl sites for hydroxylation is 1. The minimum Gasteiger partial charge on any atom is -0.492 e. The summed E-state index contributed by atoms with van der Waals surface area (Å²) in [6.07, 6.45) is 1.36. The van der Waals surface area contributed by atoms with Gasteiger partial charge in [0.25, 0.3) is 0 Å². The zero-order valence-electron chi connectivity index (χ0n) is 19.1. The fourth-order valence-corrected chi connectivity index (χ4v) is 7.56. The molecule has 0 atom stereocenters. The van der Waals surface area contributed by atoms with E-state index in [2.05, 4.69) is 11.0 Å². The molecule has 2 aromatic rings. The molecule has 2 heterocycles. The SMILES string of the molecule is CCOc1ccc(N2CCCCS2(=O)=O)cc1S(=O)(=O)N1CCN(c2cccc(C)c2)CC1. The van der Waals surface area contributed by atoms with Gasteiger partial charge in [-0.3, -0.25) is 4.31 Å². The largest absolute Gasteiger partial charge is 0.492 e. The van der Waals surface area contributed by atoms with E-state index in [0.717, 1.165) is 17.7 Å². The van der Waals surface area contributed by atoms with Crippen molar-refractivity contribution < 1.29 is 21.6 Å². The molecule has 8 nitrogen and oxygen atoms in total. The van der Waals surface area contributed by atoms with Crippen LogP contribution in [0.3, 0.4) is 0 Å². The molecule has 0 unspecified atom stereocenters. The summed E-state index contributed by atoms with van der Waals surface area (Å²) in [4.78, 5) is 2.20. The molecule has 10 heteroatoms. The second-order valence-electron chi connectivity index (χ2n) is 8.39. The topological polar surface area (TPSA) is 87.2 Å². The molecule has 180 valence electrons. The molecule has 4 rings (SSSR count). The lowest BCUT2D eigenvalue weighted by Crippen LogP contribution is -2.48. The summed E-state index contributed by atoms with van der Waals surface area (Å²) in [7, 11) is -7.32. The minimum atomic E-state index is -3.87. The summed E-state index contributed by atoms with van der Waals surface area (Å²) in [5, 5.41) is 0. The maximum Gasteiger partial charge on any atom is 0.246 e. The first-order valence-corrected chi connectivity index (χ1v) is 14.4. The van der Waals surface area contributed by atoms with Gasteiger partial charge in [-0.15, -0.1) is 0 Å². The van der Waals surface area contributed by atoms with E-state index in [1.807, 2.05) is 25.1 Å². The van der Waals surface area contributed by atoms with Gasteiger partial charge in [-0.2, -0.15) is 4.31 Å². The number of anilines is 2. The molecule has 0 saturated carbocycles. The molecule has 0 N–H and O–H groups in total. The maximum atomic E-state index is 13.6. The molecule has 2 fully saturated rings. The molecule has 0 aromatic heterocycles. The van der Waals surface area contributed by atoms with Gasteiger partial charge >= 0.3 is 0 Å². The van der Waals surface area contributed by atoms with Crippen molar-refractivity contribution in [2.45, 2.75) is 31.6 Å². The number of benzene rings is 2. The molecule has 2 aliphatic rings. The molecule has 0 spiro atoms. The van der Waals surface area contributed by atoms with Gasteiger partial charge in [0.1, 0.15) is 10.6 Å². The Morgan fingerprint density at radius 3 is 2.36 bits per heavy atom. The van der Waals surface area contributed by atoms with E-state index >= 15 is 0 Å². The zero-order valence-corrected chi connectivity index (χ0v) is 20.7. The predicted octanol–water partition coefficient (Wildman–Crippen LogP) is 2.83. The second kappa shape index (κ2) is 9.52. The first-order chi connectivity index (χ1) is 15.7. The summed E-state index contributed by atoms with van der Waals surface area (Å²) in [6.45, 7) is 6.33. The zero-order chi connectivity index (χ0) is 23.6. The highest BCUT2D eigenvalue weighted by Crippen LogP contribution is 2.34. The number of nitrogens with zero attached hydrogens (tertiary/aromatic N) is 3. The molecule has 0 amide bonds. The van der Waals surface area contributed by atoms with Crippen LogP contribution in [0.25, 0.3) is 0 Å². The van der Waals surface area contributed by atoms with Crippen molar-refractivity contribution >= 4 is 31.4 Å². The Morgan fingerprint density at radius 1 is 0.939 bits per heavy atom. The quantitative estimate of drug-likeness (QED) is 0.615. The van der Waals surface area contributed by atoms with Crippen molar-refractivity contribution in [3.63, 3.8) is 0 Å². The van der Waals surface area contributed by atoms with Crippen LogP contribution in [-0.2, 0) is 20.0 Å². The van der Waals surface area contributed by atoms with Gasteiger partial charge in [0.05, 0.1) is 18.0 Å². The van der Waals surface area contributed by atoms with Gasteiger partial charge in [-0.1, -0.05) is 12.1 Å². The number of rotatable bonds is 6. The average molecular weight is 494 g/mol. The van der Waals surface area contributed by atoms with E-state index < -0.39 is 20.0 Å². The van der Waals surface area contributed by atoms with Crippen LogP contribution >= 0.6 is 0 Å². The number of ether oxygens (including phenoxy) is 1. The lowest BCUT2D eigenvalue weighted by molar-refractivity contribution is 0.327. The summed E-state index contributed by atoms with van der Waals surface area (Å²) in [5.74, 6) is 0.320. The molecule has 0 radical (unpaired) electrons. The van der Waals surface area contributed by atoms with Crippen molar-refractivity contribution in [3.05, 3.63) is 48.0 Å². The van der Waals surface area contributed by atoms with Gasteiger partial charge in [0.2, 0.25) is 20.0 Å². The average Bonchev–Trinajstić information content (AvgIpc) is 2.79. The number of hydrogen-bond donors (Lipinski definition) is 0. The van der Waals surface area contributed by atoms with Crippen LogP contribution in [0.4, 0.5) is 11.4 Å². The Kier molecular flexibility index (Phi) is 6.88. The molecule has 2 aromatic carbocycles. The number of sulfonamides is 2. The van der Waals surface area contributed by atoms with Gasteiger partial charge < -0.3 is 9.64 Å². The van der Waals surface area contributed by atoms with Crippen LogP contribution in [0.1, 0.15) is 25.3 Å². The molecule has 33 heavy (non-hydrogen) atoms. The Morgan fingerprint density at radius 2 is 1.70 bits per heavy atom. The molecular formula is C23H31N3O5S2. The molecule has 2 saturated heterocycles. The third-order valence-electron chi connectivity index (χ3n) is 6.09. The smallest absolute Gasteiger partial charge is 0.246 e. The fourth-order valence-electron chi connectivity index (χ4n) is 4.36.